The van der Waals surface area contributed by atoms with Gasteiger partial charge in [-0.2, -0.15) is 0 Å². The van der Waals surface area contributed by atoms with E-state index in [-0.39, 0.29) is 18.5 Å². The van der Waals surface area contributed by atoms with Gasteiger partial charge in [-0.15, -0.1) is 0 Å². The first-order valence-electron chi connectivity index (χ1n) is 11.5. The molecule has 0 aliphatic carbocycles. The number of carbonyl (C=O) groups is 2. The molecule has 176 valence electrons. The Bertz CT molecular complexity index is 1170. The summed E-state index contributed by atoms with van der Waals surface area (Å²) in [7, 11) is 0. The summed E-state index contributed by atoms with van der Waals surface area (Å²) in [4.78, 5) is 26.3. The van der Waals surface area contributed by atoms with Crippen LogP contribution in [-0.2, 0) is 14.3 Å². The molecule has 0 spiro atoms. The van der Waals surface area contributed by atoms with Crippen LogP contribution in [0.5, 0.6) is 0 Å². The summed E-state index contributed by atoms with van der Waals surface area (Å²) in [6.07, 6.45) is 4.77. The zero-order chi connectivity index (χ0) is 24.1. The molecule has 2 aliphatic rings. The Labute approximate surface area is 204 Å². The molecule has 2 aromatic rings. The van der Waals surface area contributed by atoms with Gasteiger partial charge in [0.15, 0.2) is 0 Å². The first-order chi connectivity index (χ1) is 16.5. The molecule has 2 aliphatic heterocycles. The number of nitrogens with one attached hydrogen (secondary N) is 2. The summed E-state index contributed by atoms with van der Waals surface area (Å²) < 4.78 is 5.45. The number of benzene rings is 2. The molecule has 2 N–H and O–H groups in total. The first-order valence-corrected chi connectivity index (χ1v) is 11.9. The van der Waals surface area contributed by atoms with E-state index < -0.39 is 5.92 Å². The number of carbonyl (C=O) groups excluding carboxylic acids is 2. The Hall–Kier alpha value is -3.35. The predicted molar refractivity (Wildman–Crippen MR) is 133 cm³/mol. The summed E-state index contributed by atoms with van der Waals surface area (Å²) in [5.74, 6) is -0.364. The van der Waals surface area contributed by atoms with Crippen molar-refractivity contribution >= 4 is 29.6 Å². The third-order valence-corrected chi connectivity index (χ3v) is 6.18. The second kappa shape index (κ2) is 10.7. The van der Waals surface area contributed by atoms with Crippen molar-refractivity contribution in [1.82, 2.24) is 15.8 Å². The normalized spacial score (nSPS) is 17.7. The number of hydrogen-bond donors (Lipinski definition) is 2. The highest BCUT2D eigenvalue weighted by molar-refractivity contribution is 6.31. The van der Waals surface area contributed by atoms with Crippen LogP contribution in [0, 0.1) is 0 Å². The van der Waals surface area contributed by atoms with Crippen LogP contribution in [0.1, 0.15) is 43.7 Å². The molecular formula is C27H28ClN3O3. The second-order valence-corrected chi connectivity index (χ2v) is 8.48. The molecule has 0 saturated carbocycles. The molecule has 0 aromatic heterocycles. The Balaban J connectivity index is 1.76. The minimum atomic E-state index is -0.422. The monoisotopic (exact) mass is 477 g/mol. The second-order valence-electron chi connectivity index (χ2n) is 8.07. The lowest BCUT2D eigenvalue weighted by molar-refractivity contribution is -0.138. The van der Waals surface area contributed by atoms with Crippen molar-refractivity contribution in [2.45, 2.75) is 32.6 Å². The van der Waals surface area contributed by atoms with Gasteiger partial charge in [0.25, 0.3) is 5.91 Å². The van der Waals surface area contributed by atoms with Crippen LogP contribution in [0.25, 0.3) is 6.08 Å². The molecule has 7 heteroatoms. The van der Waals surface area contributed by atoms with Crippen LogP contribution in [0.4, 0.5) is 0 Å². The standard InChI is InChI=1S/C27H28ClN3O3/c1-3-10-22-25(27(33)34-4-2)24(19-13-8-9-14-21(19)28)20-17-29-31(26(20)30-22)23(32)16-15-18-11-6-5-7-12-18/h5-9,11-16,24,29-30H,3-4,10,17H2,1-2H3/b16-15+. The van der Waals surface area contributed by atoms with Crippen LogP contribution < -0.4 is 10.7 Å². The SMILES string of the molecule is CCCC1=C(C(=O)OCC)C(c2ccccc2Cl)C2=C(N1)N(C(=O)/C=C/c1ccccc1)NC2. The Morgan fingerprint density at radius 2 is 1.85 bits per heavy atom. The van der Waals surface area contributed by atoms with E-state index in [1.54, 1.807) is 13.0 Å². The van der Waals surface area contributed by atoms with E-state index in [4.69, 9.17) is 16.3 Å². The molecule has 6 nitrogen and oxygen atoms in total. The van der Waals surface area contributed by atoms with Gasteiger partial charge in [-0.3, -0.25) is 4.79 Å². The number of allylic oxidation sites excluding steroid dienone is 1. The molecule has 2 heterocycles. The average Bonchev–Trinajstić information content (AvgIpc) is 3.27. The van der Waals surface area contributed by atoms with Crippen LogP contribution >= 0.6 is 11.6 Å². The molecule has 1 amide bonds. The fourth-order valence-electron chi connectivity index (χ4n) is 4.35. The number of amides is 1. The van der Waals surface area contributed by atoms with Crippen LogP contribution in [0.2, 0.25) is 5.02 Å². The lowest BCUT2D eigenvalue weighted by atomic mass is 9.80. The van der Waals surface area contributed by atoms with Gasteiger partial charge >= 0.3 is 5.97 Å². The fraction of sp³-hybridized carbons (Fsp3) is 0.259. The van der Waals surface area contributed by atoms with Gasteiger partial charge in [-0.05, 0) is 36.6 Å². The fourth-order valence-corrected chi connectivity index (χ4v) is 4.59. The van der Waals surface area contributed by atoms with E-state index in [1.165, 1.54) is 11.1 Å². The minimum Gasteiger partial charge on any atom is -0.463 e. The average molecular weight is 478 g/mol. The maximum Gasteiger partial charge on any atom is 0.336 e. The van der Waals surface area contributed by atoms with Crippen LogP contribution in [0.3, 0.4) is 0 Å². The van der Waals surface area contributed by atoms with E-state index in [0.29, 0.717) is 29.4 Å². The van der Waals surface area contributed by atoms with Gasteiger partial charge in [-0.25, -0.2) is 15.2 Å². The van der Waals surface area contributed by atoms with Crippen molar-refractivity contribution in [3.63, 3.8) is 0 Å². The number of rotatable bonds is 7. The van der Waals surface area contributed by atoms with Gasteiger partial charge < -0.3 is 10.1 Å². The molecule has 1 atom stereocenters. The molecule has 0 bridgehead atoms. The third-order valence-electron chi connectivity index (χ3n) is 5.84. The highest BCUT2D eigenvalue weighted by atomic mass is 35.5. The molecular weight excluding hydrogens is 450 g/mol. The summed E-state index contributed by atoms with van der Waals surface area (Å²) in [5, 5.41) is 5.45. The van der Waals surface area contributed by atoms with E-state index in [0.717, 1.165) is 28.8 Å². The maximum atomic E-state index is 13.1. The van der Waals surface area contributed by atoms with Gasteiger partial charge in [0.05, 0.1) is 12.2 Å². The third kappa shape index (κ3) is 4.79. The lowest BCUT2D eigenvalue weighted by Crippen LogP contribution is -2.41. The number of hydrazine groups is 1. The highest BCUT2D eigenvalue weighted by Gasteiger charge is 2.41. The van der Waals surface area contributed by atoms with Crippen LogP contribution in [0.15, 0.2) is 83.3 Å². The first kappa shape index (κ1) is 23.8. The van der Waals surface area contributed by atoms with E-state index in [2.05, 4.69) is 10.7 Å². The van der Waals surface area contributed by atoms with E-state index in [9.17, 15) is 9.59 Å². The number of esters is 1. The van der Waals surface area contributed by atoms with E-state index in [1.807, 2.05) is 61.5 Å². The Morgan fingerprint density at radius 1 is 1.12 bits per heavy atom. The summed E-state index contributed by atoms with van der Waals surface area (Å²) >= 11 is 6.61. The summed E-state index contributed by atoms with van der Waals surface area (Å²) in [5.41, 5.74) is 7.10. The van der Waals surface area contributed by atoms with Gasteiger partial charge in [-0.1, -0.05) is 73.5 Å². The number of nitrogens with zero attached hydrogens (tertiary/aromatic N) is 1. The topological polar surface area (TPSA) is 70.7 Å². The van der Waals surface area contributed by atoms with Gasteiger partial charge in [0.2, 0.25) is 0 Å². The van der Waals surface area contributed by atoms with E-state index >= 15 is 0 Å². The Kier molecular flexibility index (Phi) is 7.50. The molecule has 4 rings (SSSR count). The zero-order valence-electron chi connectivity index (χ0n) is 19.3. The predicted octanol–water partition coefficient (Wildman–Crippen LogP) is 4.92. The summed E-state index contributed by atoms with van der Waals surface area (Å²) in [6, 6.07) is 17.2. The van der Waals surface area contributed by atoms with Crippen molar-refractivity contribution in [3.8, 4) is 0 Å². The number of hydrogen-bond acceptors (Lipinski definition) is 5. The smallest absolute Gasteiger partial charge is 0.336 e. The zero-order valence-corrected chi connectivity index (χ0v) is 20.1. The molecule has 0 radical (unpaired) electrons. The van der Waals surface area contributed by atoms with Crippen molar-refractivity contribution < 1.29 is 14.3 Å². The minimum absolute atomic E-state index is 0.213. The molecule has 0 saturated heterocycles. The Morgan fingerprint density at radius 3 is 2.56 bits per heavy atom. The number of halogens is 1. The summed E-state index contributed by atoms with van der Waals surface area (Å²) in [6.45, 7) is 4.51. The largest absolute Gasteiger partial charge is 0.463 e. The van der Waals surface area contributed by atoms with Crippen molar-refractivity contribution in [2.75, 3.05) is 13.2 Å². The maximum absolute atomic E-state index is 13.1. The molecule has 1 unspecified atom stereocenters. The molecule has 0 fully saturated rings. The quantitative estimate of drug-likeness (QED) is 0.437. The van der Waals surface area contributed by atoms with Crippen molar-refractivity contribution in [3.05, 3.63) is 99.5 Å². The van der Waals surface area contributed by atoms with Gasteiger partial charge in [0.1, 0.15) is 5.82 Å². The molecule has 34 heavy (non-hydrogen) atoms. The number of dihydropyridines is 1. The van der Waals surface area contributed by atoms with Crippen LogP contribution in [-0.4, -0.2) is 30.0 Å². The molecule has 2 aromatic carbocycles. The van der Waals surface area contributed by atoms with Gasteiger partial charge in [0, 0.05) is 34.8 Å². The van der Waals surface area contributed by atoms with Crippen molar-refractivity contribution in [2.24, 2.45) is 0 Å². The highest BCUT2D eigenvalue weighted by Crippen LogP contribution is 2.43. The lowest BCUT2D eigenvalue weighted by Gasteiger charge is -2.32. The number of ether oxygens (including phenoxy) is 1. The van der Waals surface area contributed by atoms with Crippen molar-refractivity contribution in [1.29, 1.82) is 0 Å².